The number of rotatable bonds is 5. The number of hydrogen-bond acceptors (Lipinski definition) is 3. The fraction of sp³-hybridized carbons (Fsp3) is 0.846. The Morgan fingerprint density at radius 2 is 2.06 bits per heavy atom. The topological polar surface area (TPSA) is 58.6 Å². The highest BCUT2D eigenvalue weighted by Crippen LogP contribution is 2.29. The van der Waals surface area contributed by atoms with Crippen molar-refractivity contribution in [3.05, 3.63) is 0 Å². The number of piperazine rings is 1. The molecule has 0 aromatic rings. The zero-order chi connectivity index (χ0) is 13.1. The Labute approximate surface area is 108 Å². The van der Waals surface area contributed by atoms with Crippen LogP contribution in [0.2, 0.25) is 0 Å². The van der Waals surface area contributed by atoms with E-state index in [1.165, 1.54) is 0 Å². The number of hydrogen-bond donors (Lipinski definition) is 1. The lowest BCUT2D eigenvalue weighted by atomic mass is 9.86. The van der Waals surface area contributed by atoms with Gasteiger partial charge in [-0.15, -0.1) is 0 Å². The van der Waals surface area contributed by atoms with Gasteiger partial charge < -0.3 is 15.0 Å². The van der Waals surface area contributed by atoms with Crippen molar-refractivity contribution in [3.8, 4) is 0 Å². The zero-order valence-electron chi connectivity index (χ0n) is 11.1. The van der Waals surface area contributed by atoms with Crippen LogP contribution in [-0.4, -0.2) is 48.1 Å². The lowest BCUT2D eigenvalue weighted by Gasteiger charge is -2.45. The van der Waals surface area contributed by atoms with Crippen molar-refractivity contribution in [2.24, 2.45) is 0 Å². The van der Waals surface area contributed by atoms with Crippen LogP contribution < -0.4 is 5.32 Å². The predicted octanol–water partition coefficient (Wildman–Crippen LogP) is 0.681. The molecule has 2 fully saturated rings. The van der Waals surface area contributed by atoms with Crippen molar-refractivity contribution in [1.29, 1.82) is 0 Å². The first kappa shape index (κ1) is 13.3. The number of nitrogens with one attached hydrogen (secondary N) is 1. The quantitative estimate of drug-likeness (QED) is 0.785. The largest absolute Gasteiger partial charge is 0.378 e. The second-order valence-corrected chi connectivity index (χ2v) is 5.08. The second kappa shape index (κ2) is 5.69. The number of ether oxygens (including phenoxy) is 1. The summed E-state index contributed by atoms with van der Waals surface area (Å²) >= 11 is 0. The Balaban J connectivity index is 1.91. The number of carbonyl (C=O) groups excluding carboxylic acids is 2. The highest BCUT2D eigenvalue weighted by Gasteiger charge is 2.41. The SMILES string of the molecule is CCCC1NC(=O)CN(C2CC(OCC)C2)C1=O. The maximum atomic E-state index is 12.2. The highest BCUT2D eigenvalue weighted by molar-refractivity contribution is 5.95. The van der Waals surface area contributed by atoms with Gasteiger partial charge in [-0.1, -0.05) is 13.3 Å². The predicted molar refractivity (Wildman–Crippen MR) is 67.0 cm³/mol. The summed E-state index contributed by atoms with van der Waals surface area (Å²) in [5, 5.41) is 2.78. The fourth-order valence-corrected chi connectivity index (χ4v) is 2.69. The standard InChI is InChI=1S/C13H22N2O3/c1-3-5-11-13(17)15(8-12(16)14-11)9-6-10(7-9)18-4-2/h9-11H,3-8H2,1-2H3,(H,14,16). The molecule has 1 aliphatic carbocycles. The molecule has 2 aliphatic rings. The molecule has 102 valence electrons. The summed E-state index contributed by atoms with van der Waals surface area (Å²) in [6.07, 6.45) is 3.62. The molecule has 0 bridgehead atoms. The molecule has 2 rings (SSSR count). The molecule has 5 nitrogen and oxygen atoms in total. The van der Waals surface area contributed by atoms with E-state index in [1.807, 2.05) is 13.8 Å². The number of nitrogens with zero attached hydrogens (tertiary/aromatic N) is 1. The summed E-state index contributed by atoms with van der Waals surface area (Å²) < 4.78 is 5.50. The lowest BCUT2D eigenvalue weighted by Crippen LogP contribution is -2.63. The summed E-state index contributed by atoms with van der Waals surface area (Å²) in [6.45, 7) is 4.92. The molecular weight excluding hydrogens is 232 g/mol. The summed E-state index contributed by atoms with van der Waals surface area (Å²) in [6, 6.07) is -0.123. The van der Waals surface area contributed by atoms with E-state index in [0.29, 0.717) is 6.61 Å². The van der Waals surface area contributed by atoms with Crippen LogP contribution in [0, 0.1) is 0 Å². The molecule has 2 amide bonds. The first-order valence-electron chi connectivity index (χ1n) is 6.87. The number of carbonyl (C=O) groups is 2. The zero-order valence-corrected chi connectivity index (χ0v) is 11.1. The van der Waals surface area contributed by atoms with Crippen LogP contribution in [0.4, 0.5) is 0 Å². The van der Waals surface area contributed by atoms with Gasteiger partial charge >= 0.3 is 0 Å². The molecular formula is C13H22N2O3. The van der Waals surface area contributed by atoms with Gasteiger partial charge in [-0.2, -0.15) is 0 Å². The summed E-state index contributed by atoms with van der Waals surface area (Å²) in [5.74, 6) is 0.0457. The van der Waals surface area contributed by atoms with Crippen molar-refractivity contribution in [2.75, 3.05) is 13.2 Å². The maximum absolute atomic E-state index is 12.2. The van der Waals surface area contributed by atoms with Crippen molar-refractivity contribution in [2.45, 2.75) is 57.7 Å². The van der Waals surface area contributed by atoms with E-state index >= 15 is 0 Å². The highest BCUT2D eigenvalue weighted by atomic mass is 16.5. The minimum atomic E-state index is -0.317. The van der Waals surface area contributed by atoms with E-state index in [1.54, 1.807) is 4.90 Å². The van der Waals surface area contributed by atoms with Crippen LogP contribution in [0.15, 0.2) is 0 Å². The van der Waals surface area contributed by atoms with Crippen LogP contribution in [-0.2, 0) is 14.3 Å². The third kappa shape index (κ3) is 2.66. The van der Waals surface area contributed by atoms with Crippen LogP contribution >= 0.6 is 0 Å². The third-order valence-electron chi connectivity index (χ3n) is 3.72. The van der Waals surface area contributed by atoms with E-state index in [4.69, 9.17) is 4.74 Å². The monoisotopic (exact) mass is 254 g/mol. The van der Waals surface area contributed by atoms with Gasteiger partial charge in [0.05, 0.1) is 12.6 Å². The molecule has 18 heavy (non-hydrogen) atoms. The van der Waals surface area contributed by atoms with Gasteiger partial charge in [0.1, 0.15) is 6.04 Å². The van der Waals surface area contributed by atoms with Gasteiger partial charge in [-0.3, -0.25) is 9.59 Å². The van der Waals surface area contributed by atoms with Gasteiger partial charge in [-0.05, 0) is 26.2 Å². The summed E-state index contributed by atoms with van der Waals surface area (Å²) in [7, 11) is 0. The van der Waals surface area contributed by atoms with Crippen LogP contribution in [0.25, 0.3) is 0 Å². The van der Waals surface area contributed by atoms with Crippen LogP contribution in [0.5, 0.6) is 0 Å². The molecule has 0 aromatic carbocycles. The van der Waals surface area contributed by atoms with Gasteiger partial charge in [0.25, 0.3) is 0 Å². The molecule has 0 spiro atoms. The van der Waals surface area contributed by atoms with Crippen LogP contribution in [0.3, 0.4) is 0 Å². The molecule has 5 heteroatoms. The Morgan fingerprint density at radius 1 is 1.33 bits per heavy atom. The maximum Gasteiger partial charge on any atom is 0.245 e. The van der Waals surface area contributed by atoms with Gasteiger partial charge in [-0.25, -0.2) is 0 Å². The van der Waals surface area contributed by atoms with Crippen molar-refractivity contribution in [1.82, 2.24) is 10.2 Å². The van der Waals surface area contributed by atoms with Gasteiger partial charge in [0.15, 0.2) is 0 Å². The molecule has 1 heterocycles. The smallest absolute Gasteiger partial charge is 0.245 e. The minimum absolute atomic E-state index is 0.0343. The Bertz CT molecular complexity index is 326. The van der Waals surface area contributed by atoms with Gasteiger partial charge in [0, 0.05) is 12.6 Å². The minimum Gasteiger partial charge on any atom is -0.378 e. The fourth-order valence-electron chi connectivity index (χ4n) is 2.69. The van der Waals surface area contributed by atoms with E-state index in [9.17, 15) is 9.59 Å². The first-order chi connectivity index (χ1) is 8.65. The molecule has 0 radical (unpaired) electrons. The normalized spacial score (nSPS) is 32.1. The number of amides is 2. The first-order valence-corrected chi connectivity index (χ1v) is 6.87. The molecule has 1 N–H and O–H groups in total. The third-order valence-corrected chi connectivity index (χ3v) is 3.72. The van der Waals surface area contributed by atoms with E-state index < -0.39 is 0 Å². The second-order valence-electron chi connectivity index (χ2n) is 5.08. The van der Waals surface area contributed by atoms with E-state index in [0.717, 1.165) is 25.7 Å². The van der Waals surface area contributed by atoms with Crippen molar-refractivity contribution in [3.63, 3.8) is 0 Å². The van der Waals surface area contributed by atoms with E-state index in [2.05, 4.69) is 5.32 Å². The van der Waals surface area contributed by atoms with Crippen LogP contribution in [0.1, 0.15) is 39.5 Å². The summed E-state index contributed by atoms with van der Waals surface area (Å²) in [4.78, 5) is 25.6. The lowest BCUT2D eigenvalue weighted by molar-refractivity contribution is -0.152. The Morgan fingerprint density at radius 3 is 2.67 bits per heavy atom. The molecule has 1 saturated heterocycles. The van der Waals surface area contributed by atoms with E-state index in [-0.39, 0.29) is 36.5 Å². The Kier molecular flexibility index (Phi) is 4.22. The summed E-state index contributed by atoms with van der Waals surface area (Å²) in [5.41, 5.74) is 0. The average Bonchev–Trinajstić information content (AvgIpc) is 2.28. The van der Waals surface area contributed by atoms with Crippen molar-refractivity contribution >= 4 is 11.8 Å². The molecule has 1 saturated carbocycles. The Hall–Kier alpha value is -1.10. The van der Waals surface area contributed by atoms with Crippen molar-refractivity contribution < 1.29 is 14.3 Å². The molecule has 1 atom stereocenters. The molecule has 1 unspecified atom stereocenters. The average molecular weight is 254 g/mol. The molecule has 1 aliphatic heterocycles. The molecule has 0 aromatic heterocycles. The van der Waals surface area contributed by atoms with Gasteiger partial charge in [0.2, 0.25) is 11.8 Å².